The molecule has 3 aromatic rings. The molecule has 0 aromatic heterocycles. The molecule has 7 nitrogen and oxygen atoms in total. The molecule has 0 fully saturated rings. The van der Waals surface area contributed by atoms with Crippen LogP contribution in [0.3, 0.4) is 0 Å². The molecule has 5 rings (SSSR count). The molecule has 1 N–H and O–H groups in total. The maximum atomic E-state index is 13.9. The molecule has 0 spiro atoms. The molecular weight excluding hydrogens is 468 g/mol. The van der Waals surface area contributed by atoms with E-state index < -0.39 is 12.0 Å². The van der Waals surface area contributed by atoms with E-state index in [9.17, 15) is 9.59 Å². The van der Waals surface area contributed by atoms with Gasteiger partial charge in [0.05, 0.1) is 38.3 Å². The lowest BCUT2D eigenvalue weighted by atomic mass is 9.75. The Bertz CT molecular complexity index is 1320. The van der Waals surface area contributed by atoms with Crippen LogP contribution in [-0.4, -0.2) is 44.6 Å². The van der Waals surface area contributed by atoms with Gasteiger partial charge >= 0.3 is 0 Å². The largest absolute Gasteiger partial charge is 0.495 e. The molecule has 2 atom stereocenters. The second kappa shape index (κ2) is 9.15. The summed E-state index contributed by atoms with van der Waals surface area (Å²) in [5, 5.41) is 3.39. The zero-order chi connectivity index (χ0) is 24.7. The zero-order valence-corrected chi connectivity index (χ0v) is 20.4. The Morgan fingerprint density at radius 1 is 0.943 bits per heavy atom. The molecule has 2 aliphatic heterocycles. The highest BCUT2D eigenvalue weighted by Gasteiger charge is 2.47. The normalized spacial score (nSPS) is 18.2. The number of nitrogens with zero attached hydrogens (tertiary/aromatic N) is 1. The summed E-state index contributed by atoms with van der Waals surface area (Å²) in [6.45, 7) is 0.520. The van der Waals surface area contributed by atoms with Crippen molar-refractivity contribution in [2.24, 2.45) is 0 Å². The fraction of sp³-hybridized carbons (Fsp3) is 0.259. The molecule has 2 amide bonds. The first-order valence-corrected chi connectivity index (χ1v) is 11.6. The van der Waals surface area contributed by atoms with Crippen molar-refractivity contribution in [3.63, 3.8) is 0 Å². The first-order chi connectivity index (χ1) is 17.0. The number of rotatable bonds is 5. The van der Waals surface area contributed by atoms with Crippen LogP contribution in [0.1, 0.15) is 39.0 Å². The molecule has 0 saturated carbocycles. The van der Waals surface area contributed by atoms with Crippen molar-refractivity contribution in [2.45, 2.75) is 18.4 Å². The molecule has 3 aromatic carbocycles. The van der Waals surface area contributed by atoms with Crippen molar-refractivity contribution in [1.82, 2.24) is 4.90 Å². The Morgan fingerprint density at radius 2 is 1.66 bits per heavy atom. The summed E-state index contributed by atoms with van der Waals surface area (Å²) in [6.07, 6.45) is 0.726. The lowest BCUT2D eigenvalue weighted by molar-refractivity contribution is -0.119. The van der Waals surface area contributed by atoms with Gasteiger partial charge in [-0.2, -0.15) is 0 Å². The standard InChI is InChI=1S/C27H25ClN2O5/c1-33-21-9-8-16(12-20(21)28)29-26(31)24-18-13-22(34-2)23(35-3)14-19(18)27(32)30-11-10-15-6-4-5-7-17(15)25(24)30/h4-9,12-14,24-25H,10-11H2,1-3H3,(H,29,31)/t24-,25+/m1/s1. The molecule has 0 radical (unpaired) electrons. The Balaban J connectivity index is 1.65. The molecule has 8 heteroatoms. The number of nitrogens with one attached hydrogen (secondary N) is 1. The summed E-state index contributed by atoms with van der Waals surface area (Å²) in [4.78, 5) is 29.4. The maximum Gasteiger partial charge on any atom is 0.254 e. The predicted molar refractivity (Wildman–Crippen MR) is 133 cm³/mol. The molecule has 2 heterocycles. The second-order valence-corrected chi connectivity index (χ2v) is 8.91. The van der Waals surface area contributed by atoms with E-state index in [0.29, 0.717) is 45.6 Å². The minimum absolute atomic E-state index is 0.128. The van der Waals surface area contributed by atoms with Gasteiger partial charge < -0.3 is 24.4 Å². The monoisotopic (exact) mass is 492 g/mol. The van der Waals surface area contributed by atoms with E-state index in [4.69, 9.17) is 25.8 Å². The average Bonchev–Trinajstić information content (AvgIpc) is 2.88. The number of anilines is 1. The highest BCUT2D eigenvalue weighted by atomic mass is 35.5. The van der Waals surface area contributed by atoms with Gasteiger partial charge in [0.25, 0.3) is 5.91 Å². The fourth-order valence-corrected chi connectivity index (χ4v) is 5.35. The number of halogens is 1. The maximum absolute atomic E-state index is 13.9. The van der Waals surface area contributed by atoms with Gasteiger partial charge in [-0.25, -0.2) is 0 Å². The smallest absolute Gasteiger partial charge is 0.254 e. The average molecular weight is 493 g/mol. The summed E-state index contributed by atoms with van der Waals surface area (Å²) in [7, 11) is 4.59. The van der Waals surface area contributed by atoms with Crippen molar-refractivity contribution >= 4 is 29.1 Å². The van der Waals surface area contributed by atoms with Crippen LogP contribution in [0.5, 0.6) is 17.2 Å². The molecule has 180 valence electrons. The van der Waals surface area contributed by atoms with Crippen molar-refractivity contribution in [2.75, 3.05) is 33.2 Å². The van der Waals surface area contributed by atoms with Gasteiger partial charge in [-0.3, -0.25) is 9.59 Å². The lowest BCUT2D eigenvalue weighted by Crippen LogP contribution is -2.49. The number of ether oxygens (including phenoxy) is 3. The second-order valence-electron chi connectivity index (χ2n) is 8.50. The number of carbonyl (C=O) groups is 2. The highest BCUT2D eigenvalue weighted by molar-refractivity contribution is 6.32. The number of benzene rings is 3. The van der Waals surface area contributed by atoms with Crippen molar-refractivity contribution in [3.05, 3.63) is 81.9 Å². The van der Waals surface area contributed by atoms with Gasteiger partial charge in [0, 0.05) is 17.8 Å². The number of fused-ring (bicyclic) bond motifs is 4. The summed E-state index contributed by atoms with van der Waals surface area (Å²) in [5.74, 6) is 0.363. The lowest BCUT2D eigenvalue weighted by Gasteiger charge is -2.45. The van der Waals surface area contributed by atoms with Crippen LogP contribution in [0, 0.1) is 0 Å². The third-order valence-electron chi connectivity index (χ3n) is 6.73. The first-order valence-electron chi connectivity index (χ1n) is 11.3. The number of carbonyl (C=O) groups excluding carboxylic acids is 2. The number of amides is 2. The Kier molecular flexibility index (Phi) is 6.03. The minimum Gasteiger partial charge on any atom is -0.495 e. The van der Waals surface area contributed by atoms with E-state index in [1.54, 1.807) is 35.2 Å². The molecule has 2 aliphatic rings. The Morgan fingerprint density at radius 3 is 2.37 bits per heavy atom. The SMILES string of the molecule is COc1ccc(NC(=O)[C@@H]2c3cc(OC)c(OC)cc3C(=O)N3CCc4ccccc4[C@@H]23)cc1Cl. The quantitative estimate of drug-likeness (QED) is 0.551. The van der Waals surface area contributed by atoms with Gasteiger partial charge in [-0.15, -0.1) is 0 Å². The molecule has 0 unspecified atom stereocenters. The van der Waals surface area contributed by atoms with Crippen LogP contribution < -0.4 is 19.5 Å². The summed E-state index contributed by atoms with van der Waals surface area (Å²) in [5.41, 5.74) is 3.68. The van der Waals surface area contributed by atoms with E-state index in [1.165, 1.54) is 21.3 Å². The Hall–Kier alpha value is -3.71. The summed E-state index contributed by atoms with van der Waals surface area (Å²) < 4.78 is 16.2. The molecule has 0 saturated heterocycles. The van der Waals surface area contributed by atoms with Crippen molar-refractivity contribution in [3.8, 4) is 17.2 Å². The molecular formula is C27H25ClN2O5. The summed E-state index contributed by atoms with van der Waals surface area (Å²) in [6, 6.07) is 16.0. The Labute approximate surface area is 208 Å². The number of hydrogen-bond acceptors (Lipinski definition) is 5. The van der Waals surface area contributed by atoms with E-state index >= 15 is 0 Å². The van der Waals surface area contributed by atoms with Crippen LogP contribution in [0.25, 0.3) is 0 Å². The number of methoxy groups -OCH3 is 3. The topological polar surface area (TPSA) is 77.1 Å². The van der Waals surface area contributed by atoms with Crippen LogP contribution in [0.15, 0.2) is 54.6 Å². The van der Waals surface area contributed by atoms with E-state index in [0.717, 1.165) is 17.5 Å². The third-order valence-corrected chi connectivity index (χ3v) is 7.03. The van der Waals surface area contributed by atoms with Gasteiger partial charge in [0.15, 0.2) is 11.5 Å². The van der Waals surface area contributed by atoms with Gasteiger partial charge in [-0.05, 0) is 53.4 Å². The first kappa shape index (κ1) is 23.1. The summed E-state index contributed by atoms with van der Waals surface area (Å²) >= 11 is 6.29. The zero-order valence-electron chi connectivity index (χ0n) is 19.6. The van der Waals surface area contributed by atoms with Gasteiger partial charge in [0.2, 0.25) is 5.91 Å². The van der Waals surface area contributed by atoms with E-state index in [-0.39, 0.29) is 11.8 Å². The van der Waals surface area contributed by atoms with Gasteiger partial charge in [-0.1, -0.05) is 35.9 Å². The van der Waals surface area contributed by atoms with E-state index in [2.05, 4.69) is 11.4 Å². The highest BCUT2D eigenvalue weighted by Crippen LogP contribution is 2.48. The fourth-order valence-electron chi connectivity index (χ4n) is 5.10. The van der Waals surface area contributed by atoms with Gasteiger partial charge in [0.1, 0.15) is 5.75 Å². The van der Waals surface area contributed by atoms with Crippen LogP contribution in [-0.2, 0) is 11.2 Å². The number of hydrogen-bond donors (Lipinski definition) is 1. The van der Waals surface area contributed by atoms with Crippen molar-refractivity contribution < 1.29 is 23.8 Å². The third kappa shape index (κ3) is 3.86. The van der Waals surface area contributed by atoms with Crippen LogP contribution in [0.2, 0.25) is 5.02 Å². The molecule has 0 bridgehead atoms. The molecule has 35 heavy (non-hydrogen) atoms. The van der Waals surface area contributed by atoms with Crippen molar-refractivity contribution in [1.29, 1.82) is 0 Å². The molecule has 0 aliphatic carbocycles. The predicted octanol–water partition coefficient (Wildman–Crippen LogP) is 4.84. The minimum atomic E-state index is -0.676. The van der Waals surface area contributed by atoms with E-state index in [1.807, 2.05) is 18.2 Å². The van der Waals surface area contributed by atoms with Crippen LogP contribution >= 0.6 is 11.6 Å². The van der Waals surface area contributed by atoms with Crippen LogP contribution in [0.4, 0.5) is 5.69 Å².